The van der Waals surface area contributed by atoms with Gasteiger partial charge in [-0.05, 0) is 36.5 Å². The number of hydrogen-bond acceptors (Lipinski definition) is 2. The molecule has 2 heteroatoms. The van der Waals surface area contributed by atoms with E-state index in [2.05, 4.69) is 38.3 Å². The van der Waals surface area contributed by atoms with Gasteiger partial charge in [0, 0.05) is 13.1 Å². The van der Waals surface area contributed by atoms with E-state index in [9.17, 15) is 0 Å². The summed E-state index contributed by atoms with van der Waals surface area (Å²) in [6.45, 7) is 10.8. The lowest BCUT2D eigenvalue weighted by Crippen LogP contribution is -2.42. The lowest BCUT2D eigenvalue weighted by molar-refractivity contribution is 0.107. The molecule has 0 aromatic rings. The van der Waals surface area contributed by atoms with Crippen LogP contribution in [0, 0.1) is 11.3 Å². The van der Waals surface area contributed by atoms with E-state index >= 15 is 0 Å². The highest BCUT2D eigenvalue weighted by Crippen LogP contribution is 2.28. The van der Waals surface area contributed by atoms with Crippen LogP contribution in [0.3, 0.4) is 0 Å². The number of hydrogen-bond donors (Lipinski definition) is 1. The number of thiol groups is 1. The molecule has 0 aromatic carbocycles. The van der Waals surface area contributed by atoms with Crippen molar-refractivity contribution in [2.75, 3.05) is 25.4 Å². The highest BCUT2D eigenvalue weighted by molar-refractivity contribution is 7.80. The second-order valence-electron chi connectivity index (χ2n) is 5.29. The summed E-state index contributed by atoms with van der Waals surface area (Å²) in [5, 5.41) is 0. The summed E-state index contributed by atoms with van der Waals surface area (Å²) in [6.07, 6.45) is 2.76. The van der Waals surface area contributed by atoms with E-state index in [-0.39, 0.29) is 0 Å². The van der Waals surface area contributed by atoms with Gasteiger partial charge in [-0.15, -0.1) is 0 Å². The van der Waals surface area contributed by atoms with Gasteiger partial charge < -0.3 is 4.90 Å². The fraction of sp³-hybridized carbons (Fsp3) is 1.00. The number of piperidine rings is 1. The van der Waals surface area contributed by atoms with E-state index in [1.165, 1.54) is 32.5 Å². The third kappa shape index (κ3) is 3.90. The summed E-state index contributed by atoms with van der Waals surface area (Å²) in [5.41, 5.74) is 0.536. The van der Waals surface area contributed by atoms with Gasteiger partial charge in [0.2, 0.25) is 0 Å². The Hall–Kier alpha value is 0.310. The third-order valence-corrected chi connectivity index (χ3v) is 3.48. The third-order valence-electron chi connectivity index (χ3n) is 2.86. The molecule has 0 amide bonds. The van der Waals surface area contributed by atoms with Crippen LogP contribution in [-0.2, 0) is 0 Å². The summed E-state index contributed by atoms with van der Waals surface area (Å²) >= 11 is 4.33. The minimum atomic E-state index is 0.536. The van der Waals surface area contributed by atoms with Crippen LogP contribution in [0.5, 0.6) is 0 Å². The number of nitrogens with zero attached hydrogens (tertiary/aromatic N) is 1. The maximum absolute atomic E-state index is 4.33. The zero-order chi connectivity index (χ0) is 9.90. The molecule has 13 heavy (non-hydrogen) atoms. The Morgan fingerprint density at radius 2 is 2.15 bits per heavy atom. The van der Waals surface area contributed by atoms with Crippen LogP contribution in [0.15, 0.2) is 0 Å². The second kappa shape index (κ2) is 4.70. The average molecular weight is 201 g/mol. The fourth-order valence-corrected chi connectivity index (χ4v) is 2.31. The van der Waals surface area contributed by atoms with Gasteiger partial charge in [0.25, 0.3) is 0 Å². The van der Waals surface area contributed by atoms with Crippen LogP contribution in [0.25, 0.3) is 0 Å². The van der Waals surface area contributed by atoms with Crippen LogP contribution in [0.2, 0.25) is 0 Å². The minimum absolute atomic E-state index is 0.536. The van der Waals surface area contributed by atoms with Gasteiger partial charge in [-0.1, -0.05) is 20.8 Å². The van der Waals surface area contributed by atoms with Crippen molar-refractivity contribution in [1.82, 2.24) is 4.90 Å². The van der Waals surface area contributed by atoms with Gasteiger partial charge >= 0.3 is 0 Å². The highest BCUT2D eigenvalue weighted by atomic mass is 32.1. The smallest absolute Gasteiger partial charge is 0.00328 e. The topological polar surface area (TPSA) is 3.24 Å². The molecule has 1 saturated heterocycles. The van der Waals surface area contributed by atoms with E-state index in [1.54, 1.807) is 0 Å². The average Bonchev–Trinajstić information content (AvgIpc) is 2.02. The van der Waals surface area contributed by atoms with Crippen LogP contribution in [0.4, 0.5) is 0 Å². The van der Waals surface area contributed by atoms with Crippen molar-refractivity contribution in [2.45, 2.75) is 33.6 Å². The Morgan fingerprint density at radius 3 is 2.69 bits per heavy atom. The molecule has 1 atom stereocenters. The second-order valence-corrected chi connectivity index (χ2v) is 5.66. The number of likely N-dealkylation sites (tertiary alicyclic amines) is 1. The first-order valence-corrected chi connectivity index (χ1v) is 6.00. The largest absolute Gasteiger partial charge is 0.303 e. The van der Waals surface area contributed by atoms with Gasteiger partial charge in [0.05, 0.1) is 0 Å². The van der Waals surface area contributed by atoms with Crippen LogP contribution in [0.1, 0.15) is 33.6 Å². The van der Waals surface area contributed by atoms with Crippen molar-refractivity contribution in [3.05, 3.63) is 0 Å². The predicted octanol–water partition coefficient (Wildman–Crippen LogP) is 2.67. The summed E-state index contributed by atoms with van der Waals surface area (Å²) in [5.74, 6) is 1.74. The van der Waals surface area contributed by atoms with Crippen molar-refractivity contribution in [1.29, 1.82) is 0 Å². The van der Waals surface area contributed by atoms with Crippen molar-refractivity contribution in [3.63, 3.8) is 0 Å². The quantitative estimate of drug-likeness (QED) is 0.687. The van der Waals surface area contributed by atoms with E-state index in [4.69, 9.17) is 0 Å². The molecule has 1 aliphatic heterocycles. The lowest BCUT2D eigenvalue weighted by Gasteiger charge is -2.39. The summed E-state index contributed by atoms with van der Waals surface area (Å²) in [6, 6.07) is 0. The maximum Gasteiger partial charge on any atom is 0.00328 e. The Morgan fingerprint density at radius 1 is 1.46 bits per heavy atom. The standard InChI is InChI=1S/C11H23NS/c1-10(8-13)7-12-6-4-5-11(2,3)9-12/h10,13H,4-9H2,1-3H3. The number of rotatable bonds is 3. The molecule has 1 aliphatic rings. The molecule has 0 saturated carbocycles. The van der Waals surface area contributed by atoms with Crippen molar-refractivity contribution >= 4 is 12.6 Å². The molecule has 0 bridgehead atoms. The first kappa shape index (κ1) is 11.4. The first-order chi connectivity index (χ1) is 6.03. The Labute approximate surface area is 88.3 Å². The molecule has 1 heterocycles. The fourth-order valence-electron chi connectivity index (χ4n) is 2.20. The molecule has 0 radical (unpaired) electrons. The minimum Gasteiger partial charge on any atom is -0.303 e. The Balaban J connectivity index is 2.34. The van der Waals surface area contributed by atoms with Gasteiger partial charge in [-0.25, -0.2) is 0 Å². The summed E-state index contributed by atoms with van der Waals surface area (Å²) < 4.78 is 0. The van der Waals surface area contributed by atoms with Crippen LogP contribution in [-0.4, -0.2) is 30.3 Å². The van der Waals surface area contributed by atoms with E-state index in [0.717, 1.165) is 11.7 Å². The normalized spacial score (nSPS) is 25.8. The molecular formula is C11H23NS. The molecular weight excluding hydrogens is 178 g/mol. The first-order valence-electron chi connectivity index (χ1n) is 5.37. The molecule has 0 N–H and O–H groups in total. The Kier molecular flexibility index (Phi) is 4.11. The zero-order valence-electron chi connectivity index (χ0n) is 9.21. The van der Waals surface area contributed by atoms with E-state index < -0.39 is 0 Å². The molecule has 1 nitrogen and oxygen atoms in total. The SMILES string of the molecule is CC(CS)CN1CCCC(C)(C)C1. The Bertz CT molecular complexity index is 156. The predicted molar refractivity (Wildman–Crippen MR) is 62.5 cm³/mol. The van der Waals surface area contributed by atoms with Gasteiger partial charge in [0.15, 0.2) is 0 Å². The molecule has 0 spiro atoms. The molecule has 1 unspecified atom stereocenters. The molecule has 0 aromatic heterocycles. The van der Waals surface area contributed by atoms with Gasteiger partial charge in [-0.3, -0.25) is 0 Å². The van der Waals surface area contributed by atoms with Crippen LogP contribution < -0.4 is 0 Å². The van der Waals surface area contributed by atoms with E-state index in [0.29, 0.717) is 5.41 Å². The highest BCUT2D eigenvalue weighted by Gasteiger charge is 2.26. The van der Waals surface area contributed by atoms with E-state index in [1.807, 2.05) is 0 Å². The summed E-state index contributed by atoms with van der Waals surface area (Å²) in [4.78, 5) is 2.60. The molecule has 0 aliphatic carbocycles. The maximum atomic E-state index is 4.33. The molecule has 1 fully saturated rings. The van der Waals surface area contributed by atoms with Gasteiger partial charge in [0.1, 0.15) is 0 Å². The molecule has 1 rings (SSSR count). The van der Waals surface area contributed by atoms with Crippen LogP contribution >= 0.6 is 12.6 Å². The van der Waals surface area contributed by atoms with Gasteiger partial charge in [-0.2, -0.15) is 12.6 Å². The molecule has 78 valence electrons. The lowest BCUT2D eigenvalue weighted by atomic mass is 9.84. The van der Waals surface area contributed by atoms with Crippen molar-refractivity contribution in [3.8, 4) is 0 Å². The van der Waals surface area contributed by atoms with Crippen molar-refractivity contribution in [2.24, 2.45) is 11.3 Å². The summed E-state index contributed by atoms with van der Waals surface area (Å²) in [7, 11) is 0. The zero-order valence-corrected chi connectivity index (χ0v) is 10.1. The monoisotopic (exact) mass is 201 g/mol. The van der Waals surface area contributed by atoms with Crippen molar-refractivity contribution < 1.29 is 0 Å².